The van der Waals surface area contributed by atoms with Crippen molar-refractivity contribution in [2.75, 3.05) is 0 Å². The number of rotatable bonds is 4. The molecule has 2 aromatic rings. The van der Waals surface area contributed by atoms with Gasteiger partial charge in [-0.3, -0.25) is 0 Å². The Kier molecular flexibility index (Phi) is 3.99. The summed E-state index contributed by atoms with van der Waals surface area (Å²) in [4.78, 5) is 4.20. The number of hydrogen-bond acceptors (Lipinski definition) is 5. The molecule has 2 aromatic heterocycles. The van der Waals surface area contributed by atoms with Crippen molar-refractivity contribution in [3.8, 4) is 0 Å². The Morgan fingerprint density at radius 3 is 2.76 bits per heavy atom. The van der Waals surface area contributed by atoms with Crippen LogP contribution < -0.4 is 4.72 Å². The van der Waals surface area contributed by atoms with Crippen molar-refractivity contribution in [2.24, 2.45) is 0 Å². The predicted molar refractivity (Wildman–Crippen MR) is 72.9 cm³/mol. The van der Waals surface area contributed by atoms with Gasteiger partial charge in [0.2, 0.25) is 10.0 Å². The lowest BCUT2D eigenvalue weighted by atomic mass is 10.6. The van der Waals surface area contributed by atoms with Crippen LogP contribution in [0.25, 0.3) is 0 Å². The fraction of sp³-hybridized carbons (Fsp3) is 0.222. The van der Waals surface area contributed by atoms with E-state index >= 15 is 0 Å². The van der Waals surface area contributed by atoms with E-state index in [2.05, 4.69) is 25.6 Å². The average molecular weight is 353 g/mol. The lowest BCUT2D eigenvalue weighted by Gasteiger charge is -2.01. The molecule has 0 radical (unpaired) electrons. The molecule has 0 bridgehead atoms. The molecule has 0 amide bonds. The standard InChI is InChI=1S/C9H9BrN2O2S3/c1-6-5-15-8(12-6)4-11-17(13,14)9-3-2-7(10)16-9/h2-3,5,11H,4H2,1H3. The van der Waals surface area contributed by atoms with Crippen LogP contribution >= 0.6 is 38.6 Å². The van der Waals surface area contributed by atoms with E-state index < -0.39 is 10.0 Å². The zero-order chi connectivity index (χ0) is 12.5. The molecule has 2 rings (SSSR count). The lowest BCUT2D eigenvalue weighted by molar-refractivity contribution is 0.583. The molecule has 0 atom stereocenters. The van der Waals surface area contributed by atoms with Gasteiger partial charge in [-0.1, -0.05) is 0 Å². The molecule has 0 aliphatic heterocycles. The number of thiazole rings is 1. The SMILES string of the molecule is Cc1csc(CNS(=O)(=O)c2ccc(Br)s2)n1. The van der Waals surface area contributed by atoms with E-state index in [1.54, 1.807) is 12.1 Å². The van der Waals surface area contributed by atoms with E-state index in [9.17, 15) is 8.42 Å². The molecular weight excluding hydrogens is 344 g/mol. The Balaban J connectivity index is 2.08. The van der Waals surface area contributed by atoms with Crippen molar-refractivity contribution in [3.63, 3.8) is 0 Å². The lowest BCUT2D eigenvalue weighted by Crippen LogP contribution is -2.22. The molecule has 92 valence electrons. The second-order valence-corrected chi connectivity index (χ2v) is 8.67. The maximum absolute atomic E-state index is 11.9. The molecule has 17 heavy (non-hydrogen) atoms. The maximum Gasteiger partial charge on any atom is 0.250 e. The highest BCUT2D eigenvalue weighted by Crippen LogP contribution is 2.25. The number of aromatic nitrogens is 1. The van der Waals surface area contributed by atoms with E-state index in [-0.39, 0.29) is 6.54 Å². The van der Waals surface area contributed by atoms with Crippen LogP contribution in [0, 0.1) is 6.92 Å². The van der Waals surface area contributed by atoms with E-state index in [1.165, 1.54) is 22.7 Å². The van der Waals surface area contributed by atoms with Gasteiger partial charge >= 0.3 is 0 Å². The molecule has 0 unspecified atom stereocenters. The minimum Gasteiger partial charge on any atom is -0.245 e. The summed E-state index contributed by atoms with van der Waals surface area (Å²) in [5.41, 5.74) is 0.906. The number of hydrogen-bond donors (Lipinski definition) is 1. The number of aryl methyl sites for hydroxylation is 1. The van der Waals surface area contributed by atoms with Crippen LogP contribution in [0.1, 0.15) is 10.7 Å². The molecule has 4 nitrogen and oxygen atoms in total. The van der Waals surface area contributed by atoms with Gasteiger partial charge in [0.15, 0.2) is 0 Å². The van der Waals surface area contributed by atoms with Crippen molar-refractivity contribution < 1.29 is 8.42 Å². The highest BCUT2D eigenvalue weighted by Gasteiger charge is 2.16. The molecule has 0 aliphatic carbocycles. The monoisotopic (exact) mass is 352 g/mol. The Morgan fingerprint density at radius 1 is 1.47 bits per heavy atom. The fourth-order valence-corrected chi connectivity index (χ4v) is 5.00. The quantitative estimate of drug-likeness (QED) is 0.920. The normalized spacial score (nSPS) is 11.9. The molecule has 0 aromatic carbocycles. The highest BCUT2D eigenvalue weighted by molar-refractivity contribution is 9.11. The largest absolute Gasteiger partial charge is 0.250 e. The number of thiophene rings is 1. The molecule has 8 heteroatoms. The van der Waals surface area contributed by atoms with Crippen molar-refractivity contribution in [3.05, 3.63) is 32.0 Å². The molecule has 0 fully saturated rings. The number of nitrogens with one attached hydrogen (secondary N) is 1. The van der Waals surface area contributed by atoms with Gasteiger partial charge in [0.1, 0.15) is 9.22 Å². The van der Waals surface area contributed by atoms with Crippen molar-refractivity contribution in [2.45, 2.75) is 17.7 Å². The van der Waals surface area contributed by atoms with Crippen LogP contribution in [0.4, 0.5) is 0 Å². The zero-order valence-electron chi connectivity index (χ0n) is 8.81. The number of nitrogens with zero attached hydrogens (tertiary/aromatic N) is 1. The summed E-state index contributed by atoms with van der Waals surface area (Å²) >= 11 is 5.87. The van der Waals surface area contributed by atoms with Crippen LogP contribution in [0.2, 0.25) is 0 Å². The van der Waals surface area contributed by atoms with Crippen molar-refractivity contribution in [1.82, 2.24) is 9.71 Å². The van der Waals surface area contributed by atoms with E-state index in [4.69, 9.17) is 0 Å². The highest BCUT2D eigenvalue weighted by atomic mass is 79.9. The smallest absolute Gasteiger partial charge is 0.245 e. The summed E-state index contributed by atoms with van der Waals surface area (Å²) in [6.45, 7) is 2.11. The van der Waals surface area contributed by atoms with Gasteiger partial charge in [-0.25, -0.2) is 18.1 Å². The average Bonchev–Trinajstić information content (AvgIpc) is 2.85. The van der Waals surface area contributed by atoms with Crippen LogP contribution in [-0.2, 0) is 16.6 Å². The first kappa shape index (κ1) is 13.2. The van der Waals surface area contributed by atoms with Gasteiger partial charge in [-0.2, -0.15) is 0 Å². The van der Waals surface area contributed by atoms with Gasteiger partial charge in [-0.05, 0) is 35.0 Å². The van der Waals surface area contributed by atoms with Gasteiger partial charge in [0.05, 0.1) is 10.3 Å². The van der Waals surface area contributed by atoms with Gasteiger partial charge < -0.3 is 0 Å². The third-order valence-electron chi connectivity index (χ3n) is 1.89. The minimum absolute atomic E-state index is 0.232. The zero-order valence-corrected chi connectivity index (χ0v) is 12.8. The van der Waals surface area contributed by atoms with Gasteiger partial charge in [0, 0.05) is 11.1 Å². The summed E-state index contributed by atoms with van der Waals surface area (Å²) in [5, 5.41) is 2.66. The topological polar surface area (TPSA) is 59.1 Å². The van der Waals surface area contributed by atoms with Crippen LogP contribution in [0.15, 0.2) is 25.5 Å². The number of halogens is 1. The third-order valence-corrected chi connectivity index (χ3v) is 6.38. The second kappa shape index (κ2) is 5.15. The Labute approximate surface area is 116 Å². The van der Waals surface area contributed by atoms with E-state index in [1.807, 2.05) is 12.3 Å². The van der Waals surface area contributed by atoms with Crippen LogP contribution in [0.3, 0.4) is 0 Å². The summed E-state index contributed by atoms with van der Waals surface area (Å²) < 4.78 is 27.4. The van der Waals surface area contributed by atoms with Crippen LogP contribution in [0.5, 0.6) is 0 Å². The van der Waals surface area contributed by atoms with Gasteiger partial charge in [-0.15, -0.1) is 22.7 Å². The molecule has 0 aliphatic rings. The molecular formula is C9H9BrN2O2S3. The fourth-order valence-electron chi connectivity index (χ4n) is 1.15. The first-order chi connectivity index (χ1) is 7.97. The first-order valence-corrected chi connectivity index (χ1v) is 8.60. The first-order valence-electron chi connectivity index (χ1n) is 4.63. The molecule has 0 saturated carbocycles. The third kappa shape index (κ3) is 3.35. The Hall–Kier alpha value is -0.280. The summed E-state index contributed by atoms with van der Waals surface area (Å²) in [6, 6.07) is 3.29. The van der Waals surface area contributed by atoms with E-state index in [0.29, 0.717) is 4.21 Å². The summed E-state index contributed by atoms with van der Waals surface area (Å²) in [7, 11) is -3.42. The van der Waals surface area contributed by atoms with Gasteiger partial charge in [0.25, 0.3) is 0 Å². The predicted octanol–water partition coefficient (Wildman–Crippen LogP) is 2.75. The molecule has 0 spiro atoms. The van der Waals surface area contributed by atoms with Crippen molar-refractivity contribution in [1.29, 1.82) is 0 Å². The summed E-state index contributed by atoms with van der Waals surface area (Å²) in [5.74, 6) is 0. The summed E-state index contributed by atoms with van der Waals surface area (Å²) in [6.07, 6.45) is 0. The van der Waals surface area contributed by atoms with Crippen molar-refractivity contribution >= 4 is 48.6 Å². The Bertz CT molecular complexity index is 618. The Morgan fingerprint density at radius 2 is 2.24 bits per heavy atom. The molecule has 2 heterocycles. The minimum atomic E-state index is -3.42. The van der Waals surface area contributed by atoms with E-state index in [0.717, 1.165) is 14.5 Å². The van der Waals surface area contributed by atoms with Crippen LogP contribution in [-0.4, -0.2) is 13.4 Å². The number of sulfonamides is 1. The molecule has 0 saturated heterocycles. The maximum atomic E-state index is 11.9. The second-order valence-electron chi connectivity index (χ2n) is 3.27. The molecule has 1 N–H and O–H groups in total.